The number of carbonyl (C=O) groups excluding carboxylic acids is 2. The molecule has 33 heavy (non-hydrogen) atoms. The number of piperazine rings is 1. The molecule has 2 aromatic rings. The maximum Gasteiger partial charge on any atom is 0.313 e. The van der Waals surface area contributed by atoms with Gasteiger partial charge in [0.2, 0.25) is 0 Å². The summed E-state index contributed by atoms with van der Waals surface area (Å²) in [7, 11) is 4.22. The molecular weight excluding hydrogens is 421 g/mol. The molecule has 8 heteroatoms. The number of halogens is 1. The molecule has 176 valence electrons. The van der Waals surface area contributed by atoms with Gasteiger partial charge in [0.15, 0.2) is 0 Å². The summed E-state index contributed by atoms with van der Waals surface area (Å²) in [6.45, 7) is 5.03. The summed E-state index contributed by atoms with van der Waals surface area (Å²) in [5.41, 5.74) is 3.72. The summed E-state index contributed by atoms with van der Waals surface area (Å²) in [5, 5.41) is 5.13. The zero-order valence-corrected chi connectivity index (χ0v) is 19.3. The third kappa shape index (κ3) is 5.51. The Kier molecular flexibility index (Phi) is 7.25. The van der Waals surface area contributed by atoms with Crippen molar-refractivity contribution >= 4 is 23.2 Å². The van der Waals surface area contributed by atoms with E-state index < -0.39 is 17.6 Å². The fraction of sp³-hybridized carbons (Fsp3) is 0.440. The Bertz CT molecular complexity index is 1010. The van der Waals surface area contributed by atoms with Crippen LogP contribution in [-0.2, 0) is 16.0 Å². The van der Waals surface area contributed by atoms with Crippen LogP contribution < -0.4 is 15.5 Å². The summed E-state index contributed by atoms with van der Waals surface area (Å²) in [6.07, 6.45) is 2.17. The van der Waals surface area contributed by atoms with Crippen LogP contribution in [0, 0.1) is 5.82 Å². The maximum atomic E-state index is 13.8. The molecule has 2 heterocycles. The zero-order valence-electron chi connectivity index (χ0n) is 19.3. The largest absolute Gasteiger partial charge is 0.374 e. The van der Waals surface area contributed by atoms with Gasteiger partial charge in [-0.1, -0.05) is 24.3 Å². The average Bonchev–Trinajstić information content (AvgIpc) is 2.81. The number of anilines is 2. The van der Waals surface area contributed by atoms with Crippen molar-refractivity contribution in [3.63, 3.8) is 0 Å². The van der Waals surface area contributed by atoms with Gasteiger partial charge in [-0.3, -0.25) is 14.5 Å². The molecule has 0 unspecified atom stereocenters. The highest BCUT2D eigenvalue weighted by Gasteiger charge is 2.27. The number of hydrogen-bond donors (Lipinski definition) is 2. The lowest BCUT2D eigenvalue weighted by Gasteiger charge is -2.39. The Labute approximate surface area is 194 Å². The first-order chi connectivity index (χ1) is 15.9. The number of fused-ring (bicyclic) bond motifs is 1. The highest BCUT2D eigenvalue weighted by Crippen LogP contribution is 2.31. The fourth-order valence-corrected chi connectivity index (χ4v) is 4.62. The Balaban J connectivity index is 1.48. The Morgan fingerprint density at radius 2 is 1.76 bits per heavy atom. The van der Waals surface area contributed by atoms with Gasteiger partial charge in [0.1, 0.15) is 5.82 Å². The predicted octanol–water partition coefficient (Wildman–Crippen LogP) is 2.25. The molecule has 1 fully saturated rings. The lowest BCUT2D eigenvalue weighted by molar-refractivity contribution is -0.136. The third-order valence-electron chi connectivity index (χ3n) is 6.60. The zero-order chi connectivity index (χ0) is 23.4. The van der Waals surface area contributed by atoms with Gasteiger partial charge in [-0.05, 0) is 49.2 Å². The van der Waals surface area contributed by atoms with Crippen LogP contribution in [0.15, 0.2) is 42.5 Å². The van der Waals surface area contributed by atoms with Crippen LogP contribution in [0.4, 0.5) is 15.8 Å². The number of hydrogen-bond acceptors (Lipinski definition) is 5. The summed E-state index contributed by atoms with van der Waals surface area (Å²) >= 11 is 0. The Morgan fingerprint density at radius 3 is 2.52 bits per heavy atom. The minimum atomic E-state index is -0.871. The van der Waals surface area contributed by atoms with Crippen LogP contribution in [0.1, 0.15) is 23.6 Å². The molecule has 2 amide bonds. The maximum absolute atomic E-state index is 13.8. The minimum Gasteiger partial charge on any atom is -0.374 e. The van der Waals surface area contributed by atoms with Crippen LogP contribution in [0.2, 0.25) is 0 Å². The topological polar surface area (TPSA) is 67.9 Å². The summed E-state index contributed by atoms with van der Waals surface area (Å²) in [4.78, 5) is 31.8. The molecule has 0 bridgehead atoms. The van der Waals surface area contributed by atoms with E-state index in [9.17, 15) is 14.0 Å². The van der Waals surface area contributed by atoms with E-state index >= 15 is 0 Å². The lowest BCUT2D eigenvalue weighted by atomic mass is 9.95. The number of benzene rings is 2. The van der Waals surface area contributed by atoms with Crippen LogP contribution in [-0.4, -0.2) is 75.0 Å². The summed E-state index contributed by atoms with van der Waals surface area (Å²) < 4.78 is 13.8. The second kappa shape index (κ2) is 10.3. The second-order valence-corrected chi connectivity index (χ2v) is 8.91. The first kappa shape index (κ1) is 23.2. The van der Waals surface area contributed by atoms with Crippen molar-refractivity contribution in [1.29, 1.82) is 0 Å². The van der Waals surface area contributed by atoms with Crippen LogP contribution in [0.3, 0.4) is 0 Å². The van der Waals surface area contributed by atoms with E-state index in [0.29, 0.717) is 6.54 Å². The van der Waals surface area contributed by atoms with Crippen LogP contribution in [0.25, 0.3) is 0 Å². The number of para-hydroxylation sites is 1. The van der Waals surface area contributed by atoms with E-state index in [1.165, 1.54) is 29.4 Å². The monoisotopic (exact) mass is 453 g/mol. The van der Waals surface area contributed by atoms with Crippen molar-refractivity contribution in [2.45, 2.75) is 18.9 Å². The Morgan fingerprint density at radius 1 is 1.00 bits per heavy atom. The van der Waals surface area contributed by atoms with Crippen molar-refractivity contribution in [2.24, 2.45) is 0 Å². The fourth-order valence-electron chi connectivity index (χ4n) is 4.62. The van der Waals surface area contributed by atoms with Gasteiger partial charge in [0.25, 0.3) is 0 Å². The number of rotatable bonds is 5. The normalized spacial score (nSPS) is 17.8. The van der Waals surface area contributed by atoms with Gasteiger partial charge in [-0.25, -0.2) is 4.39 Å². The molecule has 0 aliphatic carbocycles. The highest BCUT2D eigenvalue weighted by molar-refractivity contribution is 6.39. The number of likely N-dealkylation sites (N-methyl/N-ethyl adjacent to an activating group) is 1. The smallest absolute Gasteiger partial charge is 0.313 e. The molecule has 2 aliphatic rings. The van der Waals surface area contributed by atoms with Crippen molar-refractivity contribution < 1.29 is 14.0 Å². The van der Waals surface area contributed by atoms with Gasteiger partial charge in [0, 0.05) is 52.0 Å². The number of carbonyl (C=O) groups is 2. The van der Waals surface area contributed by atoms with E-state index in [-0.39, 0.29) is 11.7 Å². The van der Waals surface area contributed by atoms with Crippen LogP contribution in [0.5, 0.6) is 0 Å². The molecule has 4 rings (SSSR count). The number of nitrogens with one attached hydrogen (secondary N) is 2. The molecule has 0 aromatic heterocycles. The highest BCUT2D eigenvalue weighted by atomic mass is 19.1. The third-order valence-corrected chi connectivity index (χ3v) is 6.60. The van der Waals surface area contributed by atoms with Gasteiger partial charge in [0.05, 0.1) is 11.7 Å². The molecule has 1 atom stereocenters. The van der Waals surface area contributed by atoms with Crippen molar-refractivity contribution in [1.82, 2.24) is 15.1 Å². The van der Waals surface area contributed by atoms with Gasteiger partial charge >= 0.3 is 11.8 Å². The number of aryl methyl sites for hydroxylation is 1. The molecule has 0 saturated carbocycles. The lowest BCUT2D eigenvalue weighted by Crippen LogP contribution is -2.49. The first-order valence-electron chi connectivity index (χ1n) is 11.5. The average molecular weight is 454 g/mol. The summed E-state index contributed by atoms with van der Waals surface area (Å²) in [5.74, 6) is -2.22. The molecule has 2 aliphatic heterocycles. The number of amides is 2. The van der Waals surface area contributed by atoms with E-state index in [2.05, 4.69) is 57.6 Å². The standard InChI is InChI=1S/C25H32FN5O2/c1-29-12-14-31(15-13-29)23(19-9-10-22-18(16-19)6-5-11-30(22)2)17-27-24(32)25(33)28-21-8-4-3-7-20(21)26/h3-4,7-10,16,23H,5-6,11-15,17H2,1-2H3,(H,27,32)(H,28,33)/t23-/m1/s1. The minimum absolute atomic E-state index is 0.00734. The molecule has 1 saturated heterocycles. The van der Waals surface area contributed by atoms with E-state index in [0.717, 1.165) is 51.1 Å². The van der Waals surface area contributed by atoms with Crippen molar-refractivity contribution in [3.8, 4) is 0 Å². The SMILES string of the molecule is CN1CCN([C@H](CNC(=O)C(=O)Nc2ccccc2F)c2ccc3c(c2)CCCN3C)CC1. The molecule has 2 aromatic carbocycles. The van der Waals surface area contributed by atoms with Crippen molar-refractivity contribution in [2.75, 3.05) is 63.6 Å². The van der Waals surface area contributed by atoms with Crippen LogP contribution >= 0.6 is 0 Å². The molecule has 7 nitrogen and oxygen atoms in total. The van der Waals surface area contributed by atoms with E-state index in [1.807, 2.05) is 0 Å². The first-order valence-corrected chi connectivity index (χ1v) is 11.5. The van der Waals surface area contributed by atoms with E-state index in [1.54, 1.807) is 6.07 Å². The Hall–Kier alpha value is -2.97. The molecular formula is C25H32FN5O2. The number of nitrogens with zero attached hydrogens (tertiary/aromatic N) is 3. The van der Waals surface area contributed by atoms with Gasteiger partial charge in [-0.15, -0.1) is 0 Å². The molecule has 2 N–H and O–H groups in total. The quantitative estimate of drug-likeness (QED) is 0.680. The van der Waals surface area contributed by atoms with E-state index in [4.69, 9.17) is 0 Å². The summed E-state index contributed by atoms with van der Waals surface area (Å²) in [6, 6.07) is 12.3. The predicted molar refractivity (Wildman–Crippen MR) is 128 cm³/mol. The van der Waals surface area contributed by atoms with Crippen molar-refractivity contribution in [3.05, 3.63) is 59.4 Å². The molecule has 0 spiro atoms. The van der Waals surface area contributed by atoms with Gasteiger partial charge < -0.3 is 20.4 Å². The molecule has 0 radical (unpaired) electrons. The second-order valence-electron chi connectivity index (χ2n) is 8.91. The van der Waals surface area contributed by atoms with Gasteiger partial charge in [-0.2, -0.15) is 0 Å².